The second-order valence-electron chi connectivity index (χ2n) is 2.72. The van der Waals surface area contributed by atoms with Crippen LogP contribution in [0.3, 0.4) is 0 Å². The summed E-state index contributed by atoms with van der Waals surface area (Å²) in [7, 11) is 0. The van der Waals surface area contributed by atoms with Crippen LogP contribution in [0.1, 0.15) is 16.8 Å². The predicted molar refractivity (Wildman–Crippen MR) is 49.4 cm³/mol. The van der Waals surface area contributed by atoms with Crippen molar-refractivity contribution in [3.63, 3.8) is 0 Å². The average Bonchev–Trinajstić information content (AvgIpc) is 2.19. The Morgan fingerprint density at radius 2 is 2.00 bits per heavy atom. The third kappa shape index (κ3) is 2.97. The minimum absolute atomic E-state index is 0.285. The number of carbonyl (C=O) groups is 2. The van der Waals surface area contributed by atoms with Crippen LogP contribution in [0.25, 0.3) is 0 Å². The molecule has 1 aromatic rings. The van der Waals surface area contributed by atoms with Crippen LogP contribution < -0.4 is 5.32 Å². The normalized spacial score (nSPS) is 9.50. The maximum Gasteiger partial charge on any atom is 0.251 e. The SMILES string of the molecule is O=CCCNC(=O)c1ccc(F)cc1. The van der Waals surface area contributed by atoms with Gasteiger partial charge in [0, 0.05) is 18.5 Å². The lowest BCUT2D eigenvalue weighted by Crippen LogP contribution is -2.24. The van der Waals surface area contributed by atoms with Gasteiger partial charge in [-0.3, -0.25) is 4.79 Å². The first-order valence-electron chi connectivity index (χ1n) is 4.21. The van der Waals surface area contributed by atoms with E-state index in [-0.39, 0.29) is 18.1 Å². The summed E-state index contributed by atoms with van der Waals surface area (Å²) >= 11 is 0. The minimum atomic E-state index is -0.380. The third-order valence-corrected chi connectivity index (χ3v) is 1.65. The number of aldehydes is 1. The summed E-state index contributed by atoms with van der Waals surface area (Å²) in [5.74, 6) is -0.679. The molecule has 4 heteroatoms. The Morgan fingerprint density at radius 3 is 2.57 bits per heavy atom. The molecule has 0 saturated heterocycles. The van der Waals surface area contributed by atoms with Crippen molar-refractivity contribution < 1.29 is 14.0 Å². The first kappa shape index (κ1) is 10.4. The van der Waals surface area contributed by atoms with Crippen LogP contribution in [-0.4, -0.2) is 18.7 Å². The number of benzene rings is 1. The molecule has 0 fully saturated rings. The molecule has 0 spiro atoms. The first-order chi connectivity index (χ1) is 6.74. The van der Waals surface area contributed by atoms with E-state index in [1.54, 1.807) is 0 Å². The number of halogens is 1. The molecule has 0 aliphatic heterocycles. The fourth-order valence-electron chi connectivity index (χ4n) is 0.948. The maximum absolute atomic E-state index is 12.5. The molecule has 0 aromatic heterocycles. The van der Waals surface area contributed by atoms with E-state index in [1.807, 2.05) is 0 Å². The Morgan fingerprint density at radius 1 is 1.36 bits per heavy atom. The molecule has 0 atom stereocenters. The maximum atomic E-state index is 12.5. The molecule has 1 rings (SSSR count). The second kappa shape index (κ2) is 5.11. The molecule has 1 N–H and O–H groups in total. The van der Waals surface area contributed by atoms with Crippen molar-refractivity contribution in [2.24, 2.45) is 0 Å². The van der Waals surface area contributed by atoms with Crippen molar-refractivity contribution in [1.82, 2.24) is 5.32 Å². The van der Waals surface area contributed by atoms with E-state index in [2.05, 4.69) is 5.32 Å². The summed E-state index contributed by atoms with van der Waals surface area (Å²) in [5.41, 5.74) is 0.386. The lowest BCUT2D eigenvalue weighted by atomic mass is 10.2. The van der Waals surface area contributed by atoms with E-state index < -0.39 is 0 Å². The minimum Gasteiger partial charge on any atom is -0.352 e. The number of amides is 1. The van der Waals surface area contributed by atoms with E-state index in [4.69, 9.17) is 0 Å². The summed E-state index contributed by atoms with van der Waals surface area (Å²) in [6.45, 7) is 0.305. The molecule has 1 amide bonds. The van der Waals surface area contributed by atoms with Crippen LogP contribution in [0.2, 0.25) is 0 Å². The summed E-state index contributed by atoms with van der Waals surface area (Å²) in [4.78, 5) is 21.2. The third-order valence-electron chi connectivity index (χ3n) is 1.65. The number of nitrogens with one attached hydrogen (secondary N) is 1. The van der Waals surface area contributed by atoms with Gasteiger partial charge in [-0.1, -0.05) is 0 Å². The number of hydrogen-bond acceptors (Lipinski definition) is 2. The molecule has 0 heterocycles. The molecule has 0 bridgehead atoms. The summed E-state index contributed by atoms with van der Waals surface area (Å²) in [6.07, 6.45) is 1.01. The molecule has 0 aliphatic rings. The van der Waals surface area contributed by atoms with Gasteiger partial charge >= 0.3 is 0 Å². The van der Waals surface area contributed by atoms with Gasteiger partial charge in [0.1, 0.15) is 12.1 Å². The van der Waals surface area contributed by atoms with Crippen molar-refractivity contribution in [3.8, 4) is 0 Å². The summed E-state index contributed by atoms with van der Waals surface area (Å²) in [6, 6.07) is 5.22. The highest BCUT2D eigenvalue weighted by atomic mass is 19.1. The Kier molecular flexibility index (Phi) is 3.79. The molecule has 3 nitrogen and oxygen atoms in total. The van der Waals surface area contributed by atoms with E-state index in [1.165, 1.54) is 24.3 Å². The summed E-state index contributed by atoms with van der Waals surface area (Å²) in [5, 5.41) is 2.53. The van der Waals surface area contributed by atoms with Gasteiger partial charge in [0.25, 0.3) is 5.91 Å². The van der Waals surface area contributed by atoms with Crippen molar-refractivity contribution in [2.75, 3.05) is 6.54 Å². The molecule has 0 unspecified atom stereocenters. The van der Waals surface area contributed by atoms with Crippen molar-refractivity contribution in [1.29, 1.82) is 0 Å². The molecule has 1 aromatic carbocycles. The molecule has 0 radical (unpaired) electrons. The van der Waals surface area contributed by atoms with Crippen LogP contribution in [0.15, 0.2) is 24.3 Å². The topological polar surface area (TPSA) is 46.2 Å². The van der Waals surface area contributed by atoms with Gasteiger partial charge in [-0.25, -0.2) is 4.39 Å². The van der Waals surface area contributed by atoms with E-state index in [0.717, 1.165) is 6.29 Å². The van der Waals surface area contributed by atoms with Crippen LogP contribution >= 0.6 is 0 Å². The fourth-order valence-corrected chi connectivity index (χ4v) is 0.948. The molecular formula is C10H10FNO2. The highest BCUT2D eigenvalue weighted by Gasteiger charge is 2.03. The summed E-state index contributed by atoms with van der Waals surface area (Å²) < 4.78 is 12.5. The van der Waals surface area contributed by atoms with E-state index >= 15 is 0 Å². The zero-order chi connectivity index (χ0) is 10.4. The molecule has 0 saturated carbocycles. The Bertz CT molecular complexity index is 321. The number of rotatable bonds is 4. The Balaban J connectivity index is 2.52. The molecule has 14 heavy (non-hydrogen) atoms. The van der Waals surface area contributed by atoms with E-state index in [9.17, 15) is 14.0 Å². The smallest absolute Gasteiger partial charge is 0.251 e. The van der Waals surface area contributed by atoms with E-state index in [0.29, 0.717) is 12.1 Å². The standard InChI is InChI=1S/C10H10FNO2/c11-9-4-2-8(3-5-9)10(14)12-6-1-7-13/h2-5,7H,1,6H2,(H,12,14). The lowest BCUT2D eigenvalue weighted by Gasteiger charge is -2.02. The zero-order valence-electron chi connectivity index (χ0n) is 7.50. The van der Waals surface area contributed by atoms with Crippen molar-refractivity contribution >= 4 is 12.2 Å². The Labute approximate surface area is 80.9 Å². The fraction of sp³-hybridized carbons (Fsp3) is 0.200. The number of hydrogen-bond donors (Lipinski definition) is 1. The molecular weight excluding hydrogens is 185 g/mol. The van der Waals surface area contributed by atoms with Gasteiger partial charge in [0.2, 0.25) is 0 Å². The van der Waals surface area contributed by atoms with Crippen molar-refractivity contribution in [3.05, 3.63) is 35.6 Å². The van der Waals surface area contributed by atoms with Crippen molar-refractivity contribution in [2.45, 2.75) is 6.42 Å². The van der Waals surface area contributed by atoms with Crippen LogP contribution in [0, 0.1) is 5.82 Å². The molecule has 0 aliphatic carbocycles. The van der Waals surface area contributed by atoms with Gasteiger partial charge in [-0.05, 0) is 24.3 Å². The predicted octanol–water partition coefficient (Wildman–Crippen LogP) is 1.14. The van der Waals surface area contributed by atoms with Crippen LogP contribution in [-0.2, 0) is 4.79 Å². The molecule has 74 valence electrons. The van der Waals surface area contributed by atoms with Gasteiger partial charge < -0.3 is 10.1 Å². The van der Waals surface area contributed by atoms with Gasteiger partial charge in [0.05, 0.1) is 0 Å². The zero-order valence-corrected chi connectivity index (χ0v) is 7.50. The van der Waals surface area contributed by atoms with Gasteiger partial charge in [-0.2, -0.15) is 0 Å². The average molecular weight is 195 g/mol. The highest BCUT2D eigenvalue weighted by Crippen LogP contribution is 2.01. The largest absolute Gasteiger partial charge is 0.352 e. The second-order valence-corrected chi connectivity index (χ2v) is 2.72. The van der Waals surface area contributed by atoms with Gasteiger partial charge in [-0.15, -0.1) is 0 Å². The Hall–Kier alpha value is -1.71. The quantitative estimate of drug-likeness (QED) is 0.578. The number of carbonyl (C=O) groups excluding carboxylic acids is 2. The highest BCUT2D eigenvalue weighted by molar-refractivity contribution is 5.94. The van der Waals surface area contributed by atoms with Gasteiger partial charge in [0.15, 0.2) is 0 Å². The van der Waals surface area contributed by atoms with Crippen LogP contribution in [0.5, 0.6) is 0 Å². The van der Waals surface area contributed by atoms with Crippen LogP contribution in [0.4, 0.5) is 4.39 Å². The lowest BCUT2D eigenvalue weighted by molar-refractivity contribution is -0.107. The monoisotopic (exact) mass is 195 g/mol. The first-order valence-corrected chi connectivity index (χ1v) is 4.21.